The molecule has 1 atom stereocenters. The lowest BCUT2D eigenvalue weighted by Crippen LogP contribution is -2.27. The highest BCUT2D eigenvalue weighted by Gasteiger charge is 2.20. The minimum Gasteiger partial charge on any atom is -0.465 e. The number of halogens is 1. The number of ether oxygens (including phenoxy) is 1. The number of imidazole rings is 1. The largest absolute Gasteiger partial charge is 0.465 e. The van der Waals surface area contributed by atoms with Crippen molar-refractivity contribution in [3.63, 3.8) is 0 Å². The van der Waals surface area contributed by atoms with E-state index in [0.29, 0.717) is 57.4 Å². The number of esters is 1. The second kappa shape index (κ2) is 12.4. The number of H-pyrrole nitrogens is 1. The molecule has 0 unspecified atom stereocenters. The summed E-state index contributed by atoms with van der Waals surface area (Å²) in [6, 6.07) is 9.52. The van der Waals surface area contributed by atoms with E-state index in [1.807, 2.05) is 12.2 Å². The highest BCUT2D eigenvalue weighted by molar-refractivity contribution is 6.30. The maximum absolute atomic E-state index is 13.1. The number of nitrogens with one attached hydrogen (secondary N) is 3. The number of hydrogen-bond donors (Lipinski definition) is 3. The normalized spacial score (nSPS) is 15.3. The van der Waals surface area contributed by atoms with Crippen LogP contribution in [0.4, 0.5) is 5.69 Å². The summed E-state index contributed by atoms with van der Waals surface area (Å²) in [5.74, 6) is -0.536. The molecule has 0 aliphatic carbocycles. The number of tetrazole rings is 1. The SMILES string of the molecule is COC(=O)c1ccc2c(c1)-c1cnc([nH]1)[C@@H](NC(=O)/C=C/c1cc(Cl)ccc1-n1cnnn1)CC=CCCC(=O)N2. The molecule has 2 bridgehead atoms. The van der Waals surface area contributed by atoms with Gasteiger partial charge in [0.1, 0.15) is 12.2 Å². The van der Waals surface area contributed by atoms with Crippen LogP contribution in [0.5, 0.6) is 0 Å². The van der Waals surface area contributed by atoms with Gasteiger partial charge >= 0.3 is 5.97 Å². The Kier molecular flexibility index (Phi) is 8.30. The molecule has 5 rings (SSSR count). The first-order chi connectivity index (χ1) is 19.9. The Morgan fingerprint density at radius 3 is 2.88 bits per heavy atom. The summed E-state index contributed by atoms with van der Waals surface area (Å²) in [4.78, 5) is 45.5. The number of amides is 2. The van der Waals surface area contributed by atoms with Crippen LogP contribution in [0.1, 0.15) is 47.1 Å². The van der Waals surface area contributed by atoms with Crippen LogP contribution in [0.25, 0.3) is 23.0 Å². The fraction of sp³-hybridized carbons (Fsp3) is 0.179. The Hall–Kier alpha value is -5.10. The molecule has 2 aromatic heterocycles. The number of aromatic nitrogens is 6. The van der Waals surface area contributed by atoms with Crippen LogP contribution in [-0.2, 0) is 14.3 Å². The molecule has 0 fully saturated rings. The Bertz CT molecular complexity index is 1640. The molecule has 0 saturated heterocycles. The first kappa shape index (κ1) is 27.5. The van der Waals surface area contributed by atoms with Crippen LogP contribution in [0.15, 0.2) is 67.2 Å². The zero-order chi connectivity index (χ0) is 28.8. The van der Waals surface area contributed by atoms with E-state index in [0.717, 1.165) is 0 Å². The van der Waals surface area contributed by atoms with Gasteiger partial charge in [0.05, 0.1) is 42.0 Å². The number of rotatable bonds is 5. The van der Waals surface area contributed by atoms with E-state index in [9.17, 15) is 14.4 Å². The second-order valence-electron chi connectivity index (χ2n) is 9.08. The Morgan fingerprint density at radius 1 is 1.20 bits per heavy atom. The predicted molar refractivity (Wildman–Crippen MR) is 151 cm³/mol. The maximum Gasteiger partial charge on any atom is 0.337 e. The molecule has 0 spiro atoms. The summed E-state index contributed by atoms with van der Waals surface area (Å²) in [5.41, 5.74) is 3.25. The molecule has 1 aliphatic rings. The van der Waals surface area contributed by atoms with Crippen molar-refractivity contribution in [2.45, 2.75) is 25.3 Å². The van der Waals surface area contributed by atoms with Crippen molar-refractivity contribution in [3.05, 3.63) is 89.1 Å². The molecule has 41 heavy (non-hydrogen) atoms. The zero-order valence-corrected chi connectivity index (χ0v) is 22.6. The van der Waals surface area contributed by atoms with Gasteiger partial charge < -0.3 is 20.4 Å². The van der Waals surface area contributed by atoms with E-state index in [4.69, 9.17) is 16.3 Å². The van der Waals surface area contributed by atoms with Crippen LogP contribution in [-0.4, -0.2) is 55.1 Å². The van der Waals surface area contributed by atoms with Crippen LogP contribution >= 0.6 is 11.6 Å². The van der Waals surface area contributed by atoms with Crippen LogP contribution in [0, 0.1) is 0 Å². The molecule has 1 aliphatic heterocycles. The zero-order valence-electron chi connectivity index (χ0n) is 21.9. The smallest absolute Gasteiger partial charge is 0.337 e. The molecular weight excluding hydrogens is 548 g/mol. The lowest BCUT2D eigenvalue weighted by molar-refractivity contribution is -0.117. The van der Waals surface area contributed by atoms with Crippen molar-refractivity contribution in [2.75, 3.05) is 12.4 Å². The number of aromatic amines is 1. The molecule has 3 heterocycles. The summed E-state index contributed by atoms with van der Waals surface area (Å²) in [7, 11) is 1.30. The molecule has 0 radical (unpaired) electrons. The van der Waals surface area contributed by atoms with Gasteiger partial charge in [0, 0.05) is 28.6 Å². The number of carbonyl (C=O) groups excluding carboxylic acids is 3. The maximum atomic E-state index is 13.1. The van der Waals surface area contributed by atoms with E-state index in [2.05, 4.69) is 36.1 Å². The van der Waals surface area contributed by atoms with Gasteiger partial charge in [0.25, 0.3) is 0 Å². The minimum atomic E-state index is -0.508. The molecule has 3 N–H and O–H groups in total. The average Bonchev–Trinajstić information content (AvgIpc) is 3.68. The lowest BCUT2D eigenvalue weighted by atomic mass is 10.1. The topological polar surface area (TPSA) is 157 Å². The Morgan fingerprint density at radius 2 is 2.07 bits per heavy atom. The molecule has 0 saturated carbocycles. The van der Waals surface area contributed by atoms with Crippen LogP contribution in [0.3, 0.4) is 0 Å². The van der Waals surface area contributed by atoms with Crippen LogP contribution in [0.2, 0.25) is 5.02 Å². The van der Waals surface area contributed by atoms with Crippen molar-refractivity contribution in [3.8, 4) is 16.9 Å². The van der Waals surface area contributed by atoms with Gasteiger partial charge in [0.2, 0.25) is 11.8 Å². The fourth-order valence-electron chi connectivity index (χ4n) is 4.31. The highest BCUT2D eigenvalue weighted by Crippen LogP contribution is 2.30. The number of carbonyl (C=O) groups is 3. The van der Waals surface area contributed by atoms with Gasteiger partial charge in [-0.15, -0.1) is 5.10 Å². The number of allylic oxidation sites excluding steroid dienone is 1. The number of anilines is 1. The Labute approximate surface area is 239 Å². The van der Waals surface area contributed by atoms with Gasteiger partial charge in [-0.25, -0.2) is 9.78 Å². The third-order valence-electron chi connectivity index (χ3n) is 6.32. The molecule has 2 aromatic carbocycles. The molecule has 208 valence electrons. The van der Waals surface area contributed by atoms with Crippen molar-refractivity contribution < 1.29 is 19.1 Å². The minimum absolute atomic E-state index is 0.169. The summed E-state index contributed by atoms with van der Waals surface area (Å²) >= 11 is 6.19. The van der Waals surface area contributed by atoms with E-state index >= 15 is 0 Å². The summed E-state index contributed by atoms with van der Waals surface area (Å²) in [5, 5.41) is 17.6. The van der Waals surface area contributed by atoms with Crippen LogP contribution < -0.4 is 10.6 Å². The summed E-state index contributed by atoms with van der Waals surface area (Å²) < 4.78 is 6.33. The van der Waals surface area contributed by atoms with Crippen molar-refractivity contribution in [1.29, 1.82) is 0 Å². The first-order valence-electron chi connectivity index (χ1n) is 12.6. The average molecular weight is 573 g/mol. The molecule has 2 amide bonds. The number of methoxy groups -OCH3 is 1. The second-order valence-corrected chi connectivity index (χ2v) is 9.52. The van der Waals surface area contributed by atoms with Crippen molar-refractivity contribution >= 4 is 41.1 Å². The third-order valence-corrected chi connectivity index (χ3v) is 6.56. The summed E-state index contributed by atoms with van der Waals surface area (Å²) in [6.45, 7) is 0. The van der Waals surface area contributed by atoms with Gasteiger partial charge in [0.15, 0.2) is 0 Å². The number of nitrogens with zero attached hydrogens (tertiary/aromatic N) is 5. The molecule has 4 aromatic rings. The number of benzene rings is 2. The third kappa shape index (κ3) is 6.56. The predicted octanol–water partition coefficient (Wildman–Crippen LogP) is 4.04. The summed E-state index contributed by atoms with van der Waals surface area (Å²) in [6.07, 6.45) is 11.1. The van der Waals surface area contributed by atoms with Gasteiger partial charge in [-0.05, 0) is 65.7 Å². The van der Waals surface area contributed by atoms with Gasteiger partial charge in [-0.1, -0.05) is 23.8 Å². The van der Waals surface area contributed by atoms with Crippen molar-refractivity contribution in [2.24, 2.45) is 0 Å². The van der Waals surface area contributed by atoms with E-state index < -0.39 is 12.0 Å². The first-order valence-corrected chi connectivity index (χ1v) is 13.0. The van der Waals surface area contributed by atoms with E-state index in [1.165, 1.54) is 24.2 Å². The van der Waals surface area contributed by atoms with Gasteiger partial charge in [-0.3, -0.25) is 9.59 Å². The van der Waals surface area contributed by atoms with Crippen molar-refractivity contribution in [1.82, 2.24) is 35.5 Å². The molecule has 13 heteroatoms. The van der Waals surface area contributed by atoms with E-state index in [1.54, 1.807) is 48.7 Å². The molecule has 12 nitrogen and oxygen atoms in total. The lowest BCUT2D eigenvalue weighted by Gasteiger charge is -2.14. The quantitative estimate of drug-likeness (QED) is 0.184. The number of fused-ring (bicyclic) bond motifs is 4. The fourth-order valence-corrected chi connectivity index (χ4v) is 4.49. The highest BCUT2D eigenvalue weighted by atomic mass is 35.5. The van der Waals surface area contributed by atoms with E-state index in [-0.39, 0.29) is 18.2 Å². The standard InChI is InChI=1S/C28H25ClN8O4/c1-41-28(40)18-7-10-21-20(14-18)23-15-30-27(34-23)22(5-3-2-4-6-25(38)32-21)33-26(39)12-8-17-13-19(29)9-11-24(17)37-16-31-35-36-37/h2-3,7-16,22H,4-6H2,1H3,(H,30,34)(H,32,38)(H,33,39)/b3-2?,12-8+/t22-/m0/s1. The monoisotopic (exact) mass is 572 g/mol. The Balaban J connectivity index is 1.43. The molecular formula is C28H25ClN8O4. The van der Waals surface area contributed by atoms with Gasteiger partial charge in [-0.2, -0.15) is 4.68 Å². The number of hydrogen-bond acceptors (Lipinski definition) is 8.